The van der Waals surface area contributed by atoms with Crippen LogP contribution in [0.15, 0.2) is 30.3 Å². The third-order valence-corrected chi connectivity index (χ3v) is 4.06. The number of benzene rings is 1. The van der Waals surface area contributed by atoms with Crippen LogP contribution in [-0.4, -0.2) is 28.1 Å². The van der Waals surface area contributed by atoms with Crippen LogP contribution in [-0.2, 0) is 0 Å². The molecule has 1 aromatic heterocycles. The number of nitrogens with zero attached hydrogens (tertiary/aromatic N) is 1. The summed E-state index contributed by atoms with van der Waals surface area (Å²) in [5, 5.41) is 13.8. The Hall–Kier alpha value is -2.14. The van der Waals surface area contributed by atoms with Crippen LogP contribution < -0.4 is 11.1 Å². The molecule has 0 saturated heterocycles. The number of aromatic hydroxyl groups is 1. The Morgan fingerprint density at radius 2 is 1.95 bits per heavy atom. The maximum absolute atomic E-state index is 12.3. The van der Waals surface area contributed by atoms with Gasteiger partial charge < -0.3 is 16.2 Å². The predicted octanol–water partition coefficient (Wildman–Crippen LogP) is 1.94. The molecule has 0 atom stereocenters. The molecule has 0 radical (unpaired) electrons. The molecule has 4 N–H and O–H groups in total. The highest BCUT2D eigenvalue weighted by Gasteiger charge is 2.22. The van der Waals surface area contributed by atoms with Crippen molar-refractivity contribution < 1.29 is 9.90 Å². The number of hydrogen-bond donors (Lipinski definition) is 3. The Kier molecular flexibility index (Phi) is 3.75. The Balaban J connectivity index is 1.79. The van der Waals surface area contributed by atoms with Crippen LogP contribution in [0, 0.1) is 0 Å². The van der Waals surface area contributed by atoms with E-state index >= 15 is 0 Å². The van der Waals surface area contributed by atoms with Crippen LogP contribution in [0.5, 0.6) is 5.88 Å². The number of rotatable bonds is 2. The van der Waals surface area contributed by atoms with Crippen LogP contribution in [0.4, 0.5) is 0 Å². The van der Waals surface area contributed by atoms with E-state index in [1.807, 2.05) is 18.2 Å². The number of aromatic nitrogens is 1. The molecule has 1 aliphatic rings. The van der Waals surface area contributed by atoms with Crippen molar-refractivity contribution in [3.63, 3.8) is 0 Å². The average Bonchev–Trinajstić information content (AvgIpc) is 2.49. The highest BCUT2D eigenvalue weighted by atomic mass is 16.3. The zero-order valence-electron chi connectivity index (χ0n) is 11.7. The number of carbonyl (C=O) groups is 1. The molecule has 0 unspecified atom stereocenters. The number of pyridine rings is 1. The molecule has 1 aromatic carbocycles. The van der Waals surface area contributed by atoms with E-state index in [-0.39, 0.29) is 29.4 Å². The molecular weight excluding hydrogens is 266 g/mol. The van der Waals surface area contributed by atoms with E-state index in [9.17, 15) is 9.90 Å². The normalized spacial score (nSPS) is 22.1. The number of nitrogens with two attached hydrogens (primary N) is 1. The average molecular weight is 285 g/mol. The quantitative estimate of drug-likeness (QED) is 0.786. The molecule has 1 aliphatic carbocycles. The fourth-order valence-corrected chi connectivity index (χ4v) is 2.80. The fraction of sp³-hybridized carbons (Fsp3) is 0.375. The first-order chi connectivity index (χ1) is 10.1. The molecule has 1 amide bonds. The summed E-state index contributed by atoms with van der Waals surface area (Å²) >= 11 is 0. The second kappa shape index (κ2) is 5.69. The van der Waals surface area contributed by atoms with Crippen molar-refractivity contribution in [1.29, 1.82) is 0 Å². The Morgan fingerprint density at radius 1 is 1.24 bits per heavy atom. The molecule has 5 heteroatoms. The zero-order chi connectivity index (χ0) is 14.8. The molecule has 21 heavy (non-hydrogen) atoms. The molecule has 0 spiro atoms. The van der Waals surface area contributed by atoms with Crippen molar-refractivity contribution in [2.75, 3.05) is 0 Å². The number of amides is 1. The maximum atomic E-state index is 12.3. The minimum absolute atomic E-state index is 0.128. The summed E-state index contributed by atoms with van der Waals surface area (Å²) in [4.78, 5) is 16.4. The topological polar surface area (TPSA) is 88.2 Å². The third kappa shape index (κ3) is 2.97. The van der Waals surface area contributed by atoms with Gasteiger partial charge in [-0.05, 0) is 37.8 Å². The molecular formula is C16H19N3O2. The van der Waals surface area contributed by atoms with Crippen LogP contribution in [0.2, 0.25) is 0 Å². The molecule has 2 aromatic rings. The maximum Gasteiger partial charge on any atom is 0.257 e. The molecule has 1 fully saturated rings. The summed E-state index contributed by atoms with van der Waals surface area (Å²) in [6.45, 7) is 0. The van der Waals surface area contributed by atoms with Gasteiger partial charge in [0.25, 0.3) is 5.91 Å². The van der Waals surface area contributed by atoms with Crippen molar-refractivity contribution in [3.05, 3.63) is 35.9 Å². The van der Waals surface area contributed by atoms with Gasteiger partial charge in [-0.3, -0.25) is 4.79 Å². The number of hydrogen-bond acceptors (Lipinski definition) is 4. The van der Waals surface area contributed by atoms with E-state index < -0.39 is 0 Å². The fourth-order valence-electron chi connectivity index (χ4n) is 2.80. The molecule has 110 valence electrons. The van der Waals surface area contributed by atoms with Crippen molar-refractivity contribution in [2.24, 2.45) is 5.73 Å². The van der Waals surface area contributed by atoms with Crippen molar-refractivity contribution >= 4 is 16.8 Å². The highest BCUT2D eigenvalue weighted by Crippen LogP contribution is 2.22. The van der Waals surface area contributed by atoms with E-state index in [0.29, 0.717) is 5.52 Å². The second-order valence-electron chi connectivity index (χ2n) is 5.64. The van der Waals surface area contributed by atoms with Crippen LogP contribution in [0.25, 0.3) is 10.9 Å². The molecule has 1 saturated carbocycles. The molecule has 0 aliphatic heterocycles. The molecule has 3 rings (SSSR count). The molecule has 5 nitrogen and oxygen atoms in total. The Morgan fingerprint density at radius 3 is 2.71 bits per heavy atom. The summed E-state index contributed by atoms with van der Waals surface area (Å²) < 4.78 is 0. The lowest BCUT2D eigenvalue weighted by Gasteiger charge is -2.26. The van der Waals surface area contributed by atoms with E-state index in [0.717, 1.165) is 31.1 Å². The predicted molar refractivity (Wildman–Crippen MR) is 81.1 cm³/mol. The number of fused-ring (bicyclic) bond motifs is 1. The van der Waals surface area contributed by atoms with Gasteiger partial charge in [0.15, 0.2) is 0 Å². The van der Waals surface area contributed by atoms with E-state index in [1.165, 1.54) is 0 Å². The van der Waals surface area contributed by atoms with E-state index in [1.54, 1.807) is 12.1 Å². The third-order valence-electron chi connectivity index (χ3n) is 4.06. The van der Waals surface area contributed by atoms with Gasteiger partial charge in [0.05, 0.1) is 5.52 Å². The second-order valence-corrected chi connectivity index (χ2v) is 5.64. The summed E-state index contributed by atoms with van der Waals surface area (Å²) in [6.07, 6.45) is 3.61. The van der Waals surface area contributed by atoms with Gasteiger partial charge >= 0.3 is 0 Å². The van der Waals surface area contributed by atoms with Gasteiger partial charge in [0.2, 0.25) is 5.88 Å². The number of carbonyl (C=O) groups excluding carboxylic acids is 1. The van der Waals surface area contributed by atoms with Gasteiger partial charge in [0.1, 0.15) is 5.56 Å². The lowest BCUT2D eigenvalue weighted by atomic mass is 9.91. The Bertz CT molecular complexity index is 664. The van der Waals surface area contributed by atoms with Gasteiger partial charge in [-0.2, -0.15) is 0 Å². The standard InChI is InChI=1S/C16H19N3O2/c17-11-5-7-12(8-6-11)18-15(20)13-9-10-3-1-2-4-14(10)19-16(13)21/h1-4,9,11-12H,5-8,17H2,(H,18,20)(H,19,21)/t11-,12-. The van der Waals surface area contributed by atoms with E-state index in [4.69, 9.17) is 5.73 Å². The molecule has 0 bridgehead atoms. The van der Waals surface area contributed by atoms with Crippen molar-refractivity contribution in [3.8, 4) is 5.88 Å². The first-order valence-electron chi connectivity index (χ1n) is 7.28. The lowest BCUT2D eigenvalue weighted by molar-refractivity contribution is 0.0922. The number of para-hydroxylation sites is 1. The summed E-state index contributed by atoms with van der Waals surface area (Å²) in [5.74, 6) is -0.495. The zero-order valence-corrected chi connectivity index (χ0v) is 11.7. The number of nitrogens with one attached hydrogen (secondary N) is 1. The summed E-state index contributed by atoms with van der Waals surface area (Å²) in [5.41, 5.74) is 6.76. The van der Waals surface area contributed by atoms with Crippen LogP contribution in [0.1, 0.15) is 36.0 Å². The first-order valence-corrected chi connectivity index (χ1v) is 7.28. The van der Waals surface area contributed by atoms with Gasteiger partial charge in [0, 0.05) is 17.5 Å². The van der Waals surface area contributed by atoms with E-state index in [2.05, 4.69) is 10.3 Å². The molecule has 1 heterocycles. The van der Waals surface area contributed by atoms with Gasteiger partial charge in [-0.1, -0.05) is 18.2 Å². The first kappa shape index (κ1) is 13.8. The van der Waals surface area contributed by atoms with Crippen LogP contribution >= 0.6 is 0 Å². The summed E-state index contributed by atoms with van der Waals surface area (Å²) in [6, 6.07) is 9.46. The van der Waals surface area contributed by atoms with Crippen LogP contribution in [0.3, 0.4) is 0 Å². The monoisotopic (exact) mass is 285 g/mol. The van der Waals surface area contributed by atoms with Gasteiger partial charge in [-0.25, -0.2) is 4.98 Å². The minimum atomic E-state index is -0.272. The smallest absolute Gasteiger partial charge is 0.257 e. The lowest BCUT2D eigenvalue weighted by Crippen LogP contribution is -2.40. The largest absolute Gasteiger partial charge is 0.493 e. The Labute approximate surface area is 123 Å². The minimum Gasteiger partial charge on any atom is -0.493 e. The SMILES string of the molecule is N[C@H]1CC[C@H](NC(=O)c2cc3ccccc3nc2O)CC1. The summed E-state index contributed by atoms with van der Waals surface area (Å²) in [7, 11) is 0. The van der Waals surface area contributed by atoms with Crippen molar-refractivity contribution in [2.45, 2.75) is 37.8 Å². The van der Waals surface area contributed by atoms with Crippen molar-refractivity contribution in [1.82, 2.24) is 10.3 Å². The highest BCUT2D eigenvalue weighted by molar-refractivity contribution is 5.99. The van der Waals surface area contributed by atoms with Gasteiger partial charge in [-0.15, -0.1) is 0 Å².